The van der Waals surface area contributed by atoms with E-state index in [1.54, 1.807) is 12.4 Å². The summed E-state index contributed by atoms with van der Waals surface area (Å²) in [6.45, 7) is 2.12. The van der Waals surface area contributed by atoms with Crippen molar-refractivity contribution in [3.63, 3.8) is 0 Å². The van der Waals surface area contributed by atoms with Crippen LogP contribution in [-0.4, -0.2) is 4.98 Å². The molecule has 1 aromatic heterocycles. The van der Waals surface area contributed by atoms with Gasteiger partial charge in [0.05, 0.1) is 0 Å². The Morgan fingerprint density at radius 2 is 2.15 bits per heavy atom. The van der Waals surface area contributed by atoms with Crippen LogP contribution in [0.2, 0.25) is 0 Å². The summed E-state index contributed by atoms with van der Waals surface area (Å²) in [7, 11) is 0. The van der Waals surface area contributed by atoms with Crippen LogP contribution in [0.15, 0.2) is 42.9 Å². The Hall–Kier alpha value is -1.57. The molecule has 1 aromatic rings. The lowest BCUT2D eigenvalue weighted by atomic mass is 10.1. The van der Waals surface area contributed by atoms with Gasteiger partial charge in [0.1, 0.15) is 0 Å². The molecule has 0 radical (unpaired) electrons. The van der Waals surface area contributed by atoms with Gasteiger partial charge in [0, 0.05) is 12.4 Å². The zero-order valence-electron chi connectivity index (χ0n) is 7.77. The third-order valence-corrected chi connectivity index (χ3v) is 1.84. The minimum Gasteiger partial charge on any atom is -0.405 e. The topological polar surface area (TPSA) is 38.9 Å². The van der Waals surface area contributed by atoms with Crippen molar-refractivity contribution in [1.29, 1.82) is 0 Å². The van der Waals surface area contributed by atoms with Gasteiger partial charge in [-0.05, 0) is 42.0 Å². The molecule has 0 bridgehead atoms. The lowest BCUT2D eigenvalue weighted by Crippen LogP contribution is -1.83. The molecule has 1 rings (SSSR count). The zero-order valence-corrected chi connectivity index (χ0v) is 7.77. The van der Waals surface area contributed by atoms with E-state index in [1.807, 2.05) is 24.3 Å². The van der Waals surface area contributed by atoms with E-state index in [4.69, 9.17) is 5.73 Å². The molecule has 0 spiro atoms. The Bertz CT molecular complexity index is 299. The molecular weight excluding hydrogens is 160 g/mol. The van der Waals surface area contributed by atoms with Crippen LogP contribution in [0.4, 0.5) is 0 Å². The third-order valence-electron chi connectivity index (χ3n) is 1.84. The van der Waals surface area contributed by atoms with Crippen molar-refractivity contribution in [1.82, 2.24) is 4.98 Å². The fourth-order valence-electron chi connectivity index (χ4n) is 1.16. The normalized spacial score (nSPS) is 12.2. The molecular formula is C11H14N2. The molecule has 0 aliphatic rings. The van der Waals surface area contributed by atoms with Gasteiger partial charge in [-0.15, -0.1) is 0 Å². The Morgan fingerprint density at radius 3 is 2.69 bits per heavy atom. The van der Waals surface area contributed by atoms with Gasteiger partial charge in [0.2, 0.25) is 0 Å². The molecule has 0 aliphatic carbocycles. The molecule has 0 fully saturated rings. The molecule has 68 valence electrons. The van der Waals surface area contributed by atoms with E-state index in [9.17, 15) is 0 Å². The molecule has 0 aromatic carbocycles. The van der Waals surface area contributed by atoms with E-state index in [2.05, 4.69) is 11.9 Å². The standard InChI is InChI=1S/C11H14N2/c1-2-10(4-3-7-12)11-5-8-13-9-6-11/h3-9H,2,12H2,1H3/b7-3-,10-4+. The second kappa shape index (κ2) is 5.14. The van der Waals surface area contributed by atoms with Gasteiger partial charge in [0.25, 0.3) is 0 Å². The van der Waals surface area contributed by atoms with Gasteiger partial charge in [-0.1, -0.05) is 13.0 Å². The fraction of sp³-hybridized carbons (Fsp3) is 0.182. The first-order chi connectivity index (χ1) is 6.38. The van der Waals surface area contributed by atoms with E-state index in [0.29, 0.717) is 0 Å². The molecule has 0 unspecified atom stereocenters. The maximum Gasteiger partial charge on any atom is 0.0273 e. The summed E-state index contributed by atoms with van der Waals surface area (Å²) in [5.41, 5.74) is 7.74. The first-order valence-corrected chi connectivity index (χ1v) is 4.36. The molecule has 0 aliphatic heterocycles. The maximum atomic E-state index is 5.27. The van der Waals surface area contributed by atoms with E-state index >= 15 is 0 Å². The molecule has 0 amide bonds. The summed E-state index contributed by atoms with van der Waals surface area (Å²) in [4.78, 5) is 3.97. The first-order valence-electron chi connectivity index (χ1n) is 4.36. The van der Waals surface area contributed by atoms with Crippen LogP contribution in [-0.2, 0) is 0 Å². The highest BCUT2D eigenvalue weighted by Crippen LogP contribution is 2.16. The summed E-state index contributed by atoms with van der Waals surface area (Å²) in [6, 6.07) is 4.00. The molecule has 13 heavy (non-hydrogen) atoms. The van der Waals surface area contributed by atoms with Gasteiger partial charge in [0.15, 0.2) is 0 Å². The van der Waals surface area contributed by atoms with E-state index in [1.165, 1.54) is 17.3 Å². The molecule has 0 saturated heterocycles. The Labute approximate surface area is 78.8 Å². The summed E-state index contributed by atoms with van der Waals surface area (Å²) in [6.07, 6.45) is 10.00. The average Bonchev–Trinajstić information content (AvgIpc) is 2.21. The predicted octanol–water partition coefficient (Wildman–Crippen LogP) is 2.35. The Morgan fingerprint density at radius 1 is 1.46 bits per heavy atom. The lowest BCUT2D eigenvalue weighted by Gasteiger charge is -2.01. The van der Waals surface area contributed by atoms with Crippen molar-refractivity contribution in [2.24, 2.45) is 5.73 Å². The summed E-state index contributed by atoms with van der Waals surface area (Å²) in [5, 5.41) is 0. The number of hydrogen-bond donors (Lipinski definition) is 1. The summed E-state index contributed by atoms with van der Waals surface area (Å²) >= 11 is 0. The number of pyridine rings is 1. The van der Waals surface area contributed by atoms with Crippen molar-refractivity contribution >= 4 is 5.57 Å². The lowest BCUT2D eigenvalue weighted by molar-refractivity contribution is 1.22. The van der Waals surface area contributed by atoms with Crippen molar-refractivity contribution in [3.05, 3.63) is 48.4 Å². The number of aromatic nitrogens is 1. The van der Waals surface area contributed by atoms with Crippen LogP contribution >= 0.6 is 0 Å². The number of nitrogens with two attached hydrogens (primary N) is 1. The number of rotatable bonds is 3. The maximum absolute atomic E-state index is 5.27. The van der Waals surface area contributed by atoms with Crippen LogP contribution in [0.25, 0.3) is 5.57 Å². The predicted molar refractivity (Wildman–Crippen MR) is 55.8 cm³/mol. The van der Waals surface area contributed by atoms with Crippen LogP contribution in [0.5, 0.6) is 0 Å². The molecule has 2 nitrogen and oxygen atoms in total. The van der Waals surface area contributed by atoms with E-state index in [-0.39, 0.29) is 0 Å². The number of hydrogen-bond acceptors (Lipinski definition) is 2. The largest absolute Gasteiger partial charge is 0.405 e. The van der Waals surface area contributed by atoms with Gasteiger partial charge in [-0.25, -0.2) is 0 Å². The Balaban J connectivity index is 2.91. The highest BCUT2D eigenvalue weighted by molar-refractivity contribution is 5.66. The van der Waals surface area contributed by atoms with Crippen LogP contribution in [0.3, 0.4) is 0 Å². The molecule has 0 atom stereocenters. The minimum atomic E-state index is 0.994. The van der Waals surface area contributed by atoms with Crippen LogP contribution < -0.4 is 5.73 Å². The van der Waals surface area contributed by atoms with Crippen molar-refractivity contribution < 1.29 is 0 Å². The quantitative estimate of drug-likeness (QED) is 0.714. The van der Waals surface area contributed by atoms with Gasteiger partial charge in [-0.2, -0.15) is 0 Å². The number of nitrogens with zero attached hydrogens (tertiary/aromatic N) is 1. The minimum absolute atomic E-state index is 0.994. The zero-order chi connectivity index (χ0) is 9.52. The fourth-order valence-corrected chi connectivity index (χ4v) is 1.16. The smallest absolute Gasteiger partial charge is 0.0273 e. The van der Waals surface area contributed by atoms with Crippen molar-refractivity contribution in [2.75, 3.05) is 0 Å². The molecule has 2 N–H and O–H groups in total. The second-order valence-corrected chi connectivity index (χ2v) is 2.67. The van der Waals surface area contributed by atoms with Crippen molar-refractivity contribution in [3.8, 4) is 0 Å². The number of allylic oxidation sites excluding steroid dienone is 3. The third kappa shape index (κ3) is 2.75. The summed E-state index contributed by atoms with van der Waals surface area (Å²) < 4.78 is 0. The highest BCUT2D eigenvalue weighted by atomic mass is 14.6. The SMILES string of the molecule is CC/C(=C\C=C/N)c1ccncc1. The first kappa shape index (κ1) is 9.52. The monoisotopic (exact) mass is 174 g/mol. The van der Waals surface area contributed by atoms with Gasteiger partial charge in [-0.3, -0.25) is 4.98 Å². The van der Waals surface area contributed by atoms with Crippen LogP contribution in [0, 0.1) is 0 Å². The van der Waals surface area contributed by atoms with Gasteiger partial charge < -0.3 is 5.73 Å². The summed E-state index contributed by atoms with van der Waals surface area (Å²) in [5.74, 6) is 0. The van der Waals surface area contributed by atoms with Crippen molar-refractivity contribution in [2.45, 2.75) is 13.3 Å². The van der Waals surface area contributed by atoms with E-state index in [0.717, 1.165) is 6.42 Å². The average molecular weight is 174 g/mol. The van der Waals surface area contributed by atoms with Crippen LogP contribution in [0.1, 0.15) is 18.9 Å². The Kier molecular flexibility index (Phi) is 3.76. The molecule has 1 heterocycles. The molecule has 0 saturated carbocycles. The van der Waals surface area contributed by atoms with Gasteiger partial charge >= 0.3 is 0 Å². The second-order valence-electron chi connectivity index (χ2n) is 2.67. The highest BCUT2D eigenvalue weighted by Gasteiger charge is 1.95. The molecule has 2 heteroatoms. The van der Waals surface area contributed by atoms with E-state index < -0.39 is 0 Å².